The number of nitrogens with one attached hydrogen (secondary N) is 2. The summed E-state index contributed by atoms with van der Waals surface area (Å²) < 4.78 is 0. The molecule has 5 rings (SSSR count). The van der Waals surface area contributed by atoms with E-state index < -0.39 is 17.7 Å². The van der Waals surface area contributed by atoms with Crippen LogP contribution >= 0.6 is 22.9 Å². The molecule has 10 nitrogen and oxygen atoms in total. The Morgan fingerprint density at radius 1 is 1.05 bits per heavy atom. The summed E-state index contributed by atoms with van der Waals surface area (Å²) in [7, 11) is 0. The number of carbonyl (C=O) groups excluding carboxylic acids is 3. The number of hydrogen-bond donors (Lipinski definition) is 3. The number of aromatic nitrogens is 1. The van der Waals surface area contributed by atoms with Crippen LogP contribution in [0.15, 0.2) is 88.9 Å². The first-order chi connectivity index (χ1) is 19.6. The van der Waals surface area contributed by atoms with Gasteiger partial charge in [-0.15, -0.1) is 11.3 Å². The van der Waals surface area contributed by atoms with Crippen LogP contribution in [0, 0.1) is 5.21 Å². The molecule has 0 aliphatic carbocycles. The van der Waals surface area contributed by atoms with Gasteiger partial charge in [-0.3, -0.25) is 24.9 Å². The van der Waals surface area contributed by atoms with Gasteiger partial charge in [0, 0.05) is 22.2 Å². The number of amides is 3. The first kappa shape index (κ1) is 28.0. The van der Waals surface area contributed by atoms with Crippen LogP contribution < -0.4 is 20.8 Å². The van der Waals surface area contributed by atoms with Gasteiger partial charge in [0.05, 0.1) is 17.1 Å². The molecule has 208 valence electrons. The van der Waals surface area contributed by atoms with Crippen LogP contribution in [-0.2, 0) is 9.59 Å². The van der Waals surface area contributed by atoms with Gasteiger partial charge >= 0.3 is 0 Å². The standard InChI is InChI=1S/C29H23ClN5O5S/c1-16(2)17-8-12-21(13-9-17)34-27(37)24(30)25(28(34)38)31-20-10-6-18(7-11-20)26(36)33-29-32-23(15-41-29)19-4-3-5-22(14-19)35(39)40/h3-16,31,39H,1-2H3,(H,32,33,36)/q-1. The van der Waals surface area contributed by atoms with Crippen molar-refractivity contribution in [3.8, 4) is 11.3 Å². The van der Waals surface area contributed by atoms with E-state index in [2.05, 4.69) is 29.5 Å². The fraction of sp³-hybridized carbons (Fsp3) is 0.103. The molecule has 0 radical (unpaired) electrons. The Morgan fingerprint density at radius 3 is 2.41 bits per heavy atom. The Hall–Kier alpha value is -4.55. The second-order valence-corrected chi connectivity index (χ2v) is 10.6. The van der Waals surface area contributed by atoms with Gasteiger partial charge in [-0.1, -0.05) is 49.7 Å². The summed E-state index contributed by atoms with van der Waals surface area (Å²) in [4.78, 5) is 44.1. The third-order valence-electron chi connectivity index (χ3n) is 6.35. The third kappa shape index (κ3) is 5.83. The van der Waals surface area contributed by atoms with Crippen molar-refractivity contribution in [3.05, 3.63) is 105 Å². The largest absolute Gasteiger partial charge is 0.733 e. The summed E-state index contributed by atoms with van der Waals surface area (Å²) in [6.45, 7) is 4.10. The van der Waals surface area contributed by atoms with E-state index in [4.69, 9.17) is 16.8 Å². The van der Waals surface area contributed by atoms with E-state index >= 15 is 0 Å². The lowest BCUT2D eigenvalue weighted by Gasteiger charge is -2.21. The maximum Gasteiger partial charge on any atom is 0.283 e. The molecule has 1 aliphatic rings. The van der Waals surface area contributed by atoms with Crippen LogP contribution in [0.25, 0.3) is 11.3 Å². The molecule has 3 amide bonds. The Kier molecular flexibility index (Phi) is 7.86. The minimum atomic E-state index is -0.622. The third-order valence-corrected chi connectivity index (χ3v) is 7.46. The molecule has 1 aliphatic heterocycles. The predicted octanol–water partition coefficient (Wildman–Crippen LogP) is 6.31. The second-order valence-electron chi connectivity index (χ2n) is 9.40. The topological polar surface area (TPSA) is 138 Å². The molecular formula is C29H23ClN5O5S-. The van der Waals surface area contributed by atoms with Gasteiger partial charge in [0.1, 0.15) is 10.7 Å². The molecule has 0 fully saturated rings. The normalized spacial score (nSPS) is 13.3. The average Bonchev–Trinajstić information content (AvgIpc) is 3.52. The molecule has 3 aromatic carbocycles. The molecule has 1 aromatic heterocycles. The molecule has 0 saturated heterocycles. The highest BCUT2D eigenvalue weighted by atomic mass is 35.5. The van der Waals surface area contributed by atoms with Crippen molar-refractivity contribution in [2.24, 2.45) is 0 Å². The lowest BCUT2D eigenvalue weighted by atomic mass is 10.0. The molecule has 3 N–H and O–H groups in total. The first-order valence-corrected chi connectivity index (χ1v) is 13.7. The average molecular weight is 589 g/mol. The van der Waals surface area contributed by atoms with Gasteiger partial charge in [0.15, 0.2) is 5.13 Å². The molecule has 2 heterocycles. The molecule has 0 saturated carbocycles. The summed E-state index contributed by atoms with van der Waals surface area (Å²) in [6, 6.07) is 19.7. The molecule has 0 atom stereocenters. The zero-order chi connectivity index (χ0) is 29.3. The van der Waals surface area contributed by atoms with E-state index in [0.717, 1.165) is 10.5 Å². The molecule has 12 heteroatoms. The number of rotatable bonds is 8. The lowest BCUT2D eigenvalue weighted by molar-refractivity contribution is -0.120. The first-order valence-electron chi connectivity index (χ1n) is 12.4. The Bertz CT molecular complexity index is 1670. The van der Waals surface area contributed by atoms with Crippen LogP contribution in [0.5, 0.6) is 0 Å². The summed E-state index contributed by atoms with van der Waals surface area (Å²) in [6.07, 6.45) is 0. The number of benzene rings is 3. The monoisotopic (exact) mass is 588 g/mol. The predicted molar refractivity (Wildman–Crippen MR) is 159 cm³/mol. The van der Waals surface area contributed by atoms with Crippen LogP contribution in [0.2, 0.25) is 0 Å². The van der Waals surface area contributed by atoms with Gasteiger partial charge < -0.3 is 15.8 Å². The molecule has 41 heavy (non-hydrogen) atoms. The van der Waals surface area contributed by atoms with Crippen molar-refractivity contribution < 1.29 is 19.6 Å². The van der Waals surface area contributed by atoms with Crippen molar-refractivity contribution in [3.63, 3.8) is 0 Å². The quantitative estimate of drug-likeness (QED) is 0.161. The van der Waals surface area contributed by atoms with Gasteiger partial charge in [0.2, 0.25) is 0 Å². The Balaban J connectivity index is 1.24. The van der Waals surface area contributed by atoms with E-state index in [9.17, 15) is 19.6 Å². The number of thiazole rings is 1. The van der Waals surface area contributed by atoms with E-state index in [1.54, 1.807) is 53.9 Å². The Morgan fingerprint density at radius 2 is 1.76 bits per heavy atom. The number of halogens is 1. The van der Waals surface area contributed by atoms with E-state index in [1.165, 1.54) is 23.5 Å². The number of nitrogens with zero attached hydrogens (tertiary/aromatic N) is 3. The Labute approximate surface area is 244 Å². The van der Waals surface area contributed by atoms with Gasteiger partial charge in [-0.25, -0.2) is 9.88 Å². The van der Waals surface area contributed by atoms with Crippen molar-refractivity contribution >= 4 is 62.9 Å². The molecule has 0 bridgehead atoms. The maximum absolute atomic E-state index is 13.1. The smallest absolute Gasteiger partial charge is 0.283 e. The van der Waals surface area contributed by atoms with Gasteiger partial charge in [-0.05, 0) is 60.0 Å². The number of imide groups is 1. The fourth-order valence-electron chi connectivity index (χ4n) is 4.12. The minimum Gasteiger partial charge on any atom is -0.733 e. The van der Waals surface area contributed by atoms with Crippen molar-refractivity contribution in [2.45, 2.75) is 19.8 Å². The fourth-order valence-corrected chi connectivity index (χ4v) is 5.05. The van der Waals surface area contributed by atoms with E-state index in [1.807, 2.05) is 12.1 Å². The highest BCUT2D eigenvalue weighted by Crippen LogP contribution is 2.31. The van der Waals surface area contributed by atoms with Gasteiger partial charge in [-0.2, -0.15) is 0 Å². The van der Waals surface area contributed by atoms with E-state index in [-0.39, 0.29) is 21.6 Å². The van der Waals surface area contributed by atoms with Crippen LogP contribution in [0.3, 0.4) is 0 Å². The molecule has 4 aromatic rings. The van der Waals surface area contributed by atoms with Crippen LogP contribution in [0.1, 0.15) is 35.7 Å². The summed E-state index contributed by atoms with van der Waals surface area (Å²) >= 11 is 7.45. The lowest BCUT2D eigenvalue weighted by Crippen LogP contribution is -2.32. The maximum atomic E-state index is 13.1. The minimum absolute atomic E-state index is 0.0533. The highest BCUT2D eigenvalue weighted by molar-refractivity contribution is 7.14. The highest BCUT2D eigenvalue weighted by Gasteiger charge is 2.39. The zero-order valence-electron chi connectivity index (χ0n) is 21.8. The number of carbonyl (C=O) groups is 3. The van der Waals surface area contributed by atoms with E-state index in [0.29, 0.717) is 39.2 Å². The zero-order valence-corrected chi connectivity index (χ0v) is 23.4. The number of hydrogen-bond acceptors (Lipinski definition) is 9. The van der Waals surface area contributed by atoms with Crippen molar-refractivity contribution in [1.82, 2.24) is 4.98 Å². The number of anilines is 4. The summed E-state index contributed by atoms with van der Waals surface area (Å²) in [5.74, 6) is -1.30. The van der Waals surface area contributed by atoms with Crippen molar-refractivity contribution in [1.29, 1.82) is 0 Å². The van der Waals surface area contributed by atoms with Crippen LogP contribution in [-0.4, -0.2) is 27.9 Å². The summed E-state index contributed by atoms with van der Waals surface area (Å²) in [5.41, 5.74) is 3.42. The van der Waals surface area contributed by atoms with Crippen LogP contribution in [0.4, 0.5) is 22.2 Å². The van der Waals surface area contributed by atoms with Crippen molar-refractivity contribution in [2.75, 3.05) is 20.8 Å². The SMILES string of the molecule is CC(C)c1ccc(N2C(=O)C(Cl)=C(Nc3ccc(C(=O)Nc4nc(-c5cccc(N([O-])O)c5)cs4)cc3)C2=O)cc1. The van der Waals surface area contributed by atoms with Gasteiger partial charge in [0.25, 0.3) is 17.7 Å². The molecular weight excluding hydrogens is 566 g/mol. The molecule has 0 unspecified atom stereocenters. The second kappa shape index (κ2) is 11.5. The summed E-state index contributed by atoms with van der Waals surface area (Å²) in [5, 5.41) is 27.5. The molecule has 0 spiro atoms.